The summed E-state index contributed by atoms with van der Waals surface area (Å²) in [6, 6.07) is 7.77. The van der Waals surface area contributed by atoms with Crippen molar-refractivity contribution in [3.63, 3.8) is 0 Å². The highest BCUT2D eigenvalue weighted by Gasteiger charge is 2.04. The van der Waals surface area contributed by atoms with Gasteiger partial charge in [-0.3, -0.25) is 4.79 Å². The molecule has 1 aromatic heterocycles. The maximum atomic E-state index is 10.9. The van der Waals surface area contributed by atoms with Gasteiger partial charge in [0.1, 0.15) is 0 Å². The van der Waals surface area contributed by atoms with Gasteiger partial charge in [-0.15, -0.1) is 0 Å². The number of aromatic nitrogens is 1. The zero-order chi connectivity index (χ0) is 12.1. The van der Waals surface area contributed by atoms with E-state index in [4.69, 9.17) is 4.74 Å². The van der Waals surface area contributed by atoms with Crippen molar-refractivity contribution < 1.29 is 9.53 Å². The zero-order valence-electron chi connectivity index (χ0n) is 10.1. The summed E-state index contributed by atoms with van der Waals surface area (Å²) in [7, 11) is 0. The van der Waals surface area contributed by atoms with Gasteiger partial charge in [0.25, 0.3) is 0 Å². The molecule has 0 unspecified atom stereocenters. The fraction of sp³-hybridized carbons (Fsp3) is 0.357. The largest absolute Gasteiger partial charge is 0.380 e. The van der Waals surface area contributed by atoms with E-state index < -0.39 is 0 Å². The molecule has 0 radical (unpaired) electrons. The molecule has 0 atom stereocenters. The van der Waals surface area contributed by atoms with Gasteiger partial charge >= 0.3 is 0 Å². The fourth-order valence-corrected chi connectivity index (χ4v) is 1.95. The molecule has 1 aromatic carbocycles. The zero-order valence-corrected chi connectivity index (χ0v) is 10.1. The van der Waals surface area contributed by atoms with Crippen molar-refractivity contribution in [2.45, 2.75) is 19.9 Å². The van der Waals surface area contributed by atoms with Gasteiger partial charge in [-0.2, -0.15) is 0 Å². The highest BCUT2D eigenvalue weighted by molar-refractivity contribution is 5.97. The quantitative estimate of drug-likeness (QED) is 0.565. The van der Waals surface area contributed by atoms with Crippen molar-refractivity contribution in [3.8, 4) is 0 Å². The second kappa shape index (κ2) is 5.64. The molecule has 2 rings (SSSR count). The number of nitrogens with zero attached hydrogens (tertiary/aromatic N) is 1. The van der Waals surface area contributed by atoms with Crippen LogP contribution in [-0.2, 0) is 11.3 Å². The van der Waals surface area contributed by atoms with Gasteiger partial charge in [-0.1, -0.05) is 19.1 Å². The lowest BCUT2D eigenvalue weighted by molar-refractivity contribution is 0.112. The number of fused-ring (bicyclic) bond motifs is 1. The van der Waals surface area contributed by atoms with Gasteiger partial charge in [-0.05, 0) is 18.6 Å². The molecule has 1 heterocycles. The van der Waals surface area contributed by atoms with Gasteiger partial charge in [-0.25, -0.2) is 0 Å². The Morgan fingerprint density at radius 2 is 2.18 bits per heavy atom. The SMILES string of the molecule is CCCOCCn1ccc2c(C=O)cccc21. The number of hydrogen-bond acceptors (Lipinski definition) is 2. The summed E-state index contributed by atoms with van der Waals surface area (Å²) in [5.41, 5.74) is 1.84. The van der Waals surface area contributed by atoms with Crippen LogP contribution >= 0.6 is 0 Å². The van der Waals surface area contributed by atoms with E-state index in [0.717, 1.165) is 42.3 Å². The van der Waals surface area contributed by atoms with E-state index in [1.54, 1.807) is 0 Å². The maximum absolute atomic E-state index is 10.9. The highest BCUT2D eigenvalue weighted by Crippen LogP contribution is 2.18. The average molecular weight is 231 g/mol. The maximum Gasteiger partial charge on any atom is 0.150 e. The van der Waals surface area contributed by atoms with E-state index >= 15 is 0 Å². The highest BCUT2D eigenvalue weighted by atomic mass is 16.5. The predicted octanol–water partition coefficient (Wildman–Crippen LogP) is 2.88. The second-order valence-corrected chi connectivity index (χ2v) is 4.02. The minimum absolute atomic E-state index is 0.711. The van der Waals surface area contributed by atoms with Crippen LogP contribution < -0.4 is 0 Å². The summed E-state index contributed by atoms with van der Waals surface area (Å²) in [6.45, 7) is 4.44. The van der Waals surface area contributed by atoms with Crippen molar-refractivity contribution in [2.75, 3.05) is 13.2 Å². The molecule has 0 fully saturated rings. The standard InChI is InChI=1S/C14H17NO2/c1-2-9-17-10-8-15-7-6-13-12(11-16)4-3-5-14(13)15/h3-7,11H,2,8-10H2,1H3. The van der Waals surface area contributed by atoms with E-state index in [-0.39, 0.29) is 0 Å². The monoisotopic (exact) mass is 231 g/mol. The third-order valence-electron chi connectivity index (χ3n) is 2.80. The summed E-state index contributed by atoms with van der Waals surface area (Å²) < 4.78 is 7.59. The van der Waals surface area contributed by atoms with Crippen LogP contribution in [0.1, 0.15) is 23.7 Å². The van der Waals surface area contributed by atoms with E-state index in [1.807, 2.05) is 30.5 Å². The van der Waals surface area contributed by atoms with Crippen molar-refractivity contribution >= 4 is 17.2 Å². The number of benzene rings is 1. The summed E-state index contributed by atoms with van der Waals surface area (Å²) in [5, 5.41) is 1.01. The van der Waals surface area contributed by atoms with Crippen molar-refractivity contribution in [1.82, 2.24) is 4.57 Å². The minimum Gasteiger partial charge on any atom is -0.380 e. The molecule has 3 heteroatoms. The predicted molar refractivity (Wildman–Crippen MR) is 68.4 cm³/mol. The van der Waals surface area contributed by atoms with Gasteiger partial charge in [0.15, 0.2) is 6.29 Å². The summed E-state index contributed by atoms with van der Waals surface area (Å²) >= 11 is 0. The van der Waals surface area contributed by atoms with Gasteiger partial charge in [0.05, 0.1) is 6.61 Å². The molecule has 0 aliphatic rings. The van der Waals surface area contributed by atoms with Gasteiger partial charge in [0, 0.05) is 35.8 Å². The van der Waals surface area contributed by atoms with Crippen LogP contribution in [0.4, 0.5) is 0 Å². The number of rotatable bonds is 6. The summed E-state index contributed by atoms with van der Waals surface area (Å²) in [6.07, 6.45) is 3.95. The van der Waals surface area contributed by atoms with Crippen molar-refractivity contribution in [2.24, 2.45) is 0 Å². The molecular weight excluding hydrogens is 214 g/mol. The topological polar surface area (TPSA) is 31.2 Å². The molecule has 0 aliphatic carbocycles. The number of carbonyl (C=O) groups is 1. The molecule has 2 aromatic rings. The molecule has 0 amide bonds. The smallest absolute Gasteiger partial charge is 0.150 e. The molecular formula is C14H17NO2. The van der Waals surface area contributed by atoms with E-state index in [2.05, 4.69) is 11.5 Å². The van der Waals surface area contributed by atoms with Gasteiger partial charge in [0.2, 0.25) is 0 Å². The molecule has 0 bridgehead atoms. The minimum atomic E-state index is 0.711. The van der Waals surface area contributed by atoms with Crippen LogP contribution in [0.3, 0.4) is 0 Å². The van der Waals surface area contributed by atoms with E-state index in [1.165, 1.54) is 0 Å². The summed E-state index contributed by atoms with van der Waals surface area (Å²) in [5.74, 6) is 0. The van der Waals surface area contributed by atoms with Crippen LogP contribution in [0.2, 0.25) is 0 Å². The van der Waals surface area contributed by atoms with Crippen molar-refractivity contribution in [1.29, 1.82) is 0 Å². The number of aldehydes is 1. The fourth-order valence-electron chi connectivity index (χ4n) is 1.95. The first-order valence-electron chi connectivity index (χ1n) is 5.97. The molecule has 0 N–H and O–H groups in total. The Balaban J connectivity index is 2.16. The van der Waals surface area contributed by atoms with Crippen molar-refractivity contribution in [3.05, 3.63) is 36.0 Å². The normalized spacial score (nSPS) is 10.9. The molecule has 0 spiro atoms. The lowest BCUT2D eigenvalue weighted by Gasteiger charge is -2.06. The van der Waals surface area contributed by atoms with Crippen LogP contribution in [0, 0.1) is 0 Å². The average Bonchev–Trinajstić information content (AvgIpc) is 2.78. The molecule has 90 valence electrons. The molecule has 0 saturated carbocycles. The Labute approximate surface area is 101 Å². The van der Waals surface area contributed by atoms with Crippen LogP contribution in [-0.4, -0.2) is 24.1 Å². The van der Waals surface area contributed by atoms with E-state index in [0.29, 0.717) is 6.61 Å². The lowest BCUT2D eigenvalue weighted by Crippen LogP contribution is -2.05. The first-order valence-corrected chi connectivity index (χ1v) is 5.97. The molecule has 17 heavy (non-hydrogen) atoms. The third-order valence-corrected chi connectivity index (χ3v) is 2.80. The Bertz CT molecular complexity index is 502. The number of ether oxygens (including phenoxy) is 1. The Hall–Kier alpha value is -1.61. The Morgan fingerprint density at radius 3 is 2.94 bits per heavy atom. The third kappa shape index (κ3) is 2.56. The molecule has 0 saturated heterocycles. The first-order chi connectivity index (χ1) is 8.36. The van der Waals surface area contributed by atoms with E-state index in [9.17, 15) is 4.79 Å². The molecule has 3 nitrogen and oxygen atoms in total. The number of carbonyl (C=O) groups excluding carboxylic acids is 1. The summed E-state index contributed by atoms with van der Waals surface area (Å²) in [4.78, 5) is 10.9. The number of hydrogen-bond donors (Lipinski definition) is 0. The first kappa shape index (κ1) is 11.9. The lowest BCUT2D eigenvalue weighted by atomic mass is 10.1. The Kier molecular flexibility index (Phi) is 3.94. The van der Waals surface area contributed by atoms with Crippen LogP contribution in [0.25, 0.3) is 10.9 Å². The van der Waals surface area contributed by atoms with Crippen LogP contribution in [0.15, 0.2) is 30.5 Å². The molecule has 0 aliphatic heterocycles. The Morgan fingerprint density at radius 1 is 1.29 bits per heavy atom. The van der Waals surface area contributed by atoms with Crippen LogP contribution in [0.5, 0.6) is 0 Å². The van der Waals surface area contributed by atoms with Gasteiger partial charge < -0.3 is 9.30 Å². The second-order valence-electron chi connectivity index (χ2n) is 4.02.